The summed E-state index contributed by atoms with van der Waals surface area (Å²) in [4.78, 5) is 9.07. The smallest absolute Gasteiger partial charge is 0.353 e. The van der Waals surface area contributed by atoms with E-state index >= 15 is 0 Å². The van der Waals surface area contributed by atoms with Gasteiger partial charge in [0, 0.05) is 25.3 Å². The van der Waals surface area contributed by atoms with Gasteiger partial charge in [0.2, 0.25) is 5.95 Å². The number of aryl methyl sites for hydroxylation is 1. The highest BCUT2D eigenvalue weighted by molar-refractivity contribution is 5.89. The van der Waals surface area contributed by atoms with E-state index in [9.17, 15) is 13.2 Å². The largest absolute Gasteiger partial charge is 0.416 e. The molecule has 2 heterocycles. The number of hydrogen-bond donors (Lipinski definition) is 3. The lowest BCUT2D eigenvalue weighted by atomic mass is 9.84. The maximum Gasteiger partial charge on any atom is 0.416 e. The summed E-state index contributed by atoms with van der Waals surface area (Å²) in [6.07, 6.45) is 3.25. The molecule has 1 fully saturated rings. The standard InChI is InChI=1S/C21H26F3N7/c1-31-19-16(11-27-31)18(28-15-9-7-14(8-10-15)21(22,23)24)29-20(30-19)26-12-17(25)13-5-3-2-4-6-13/h7-11,13,17H,2-6,12,25H2,1H3,(H2,26,28,29,30). The zero-order valence-corrected chi connectivity index (χ0v) is 17.3. The van der Waals surface area contributed by atoms with Gasteiger partial charge >= 0.3 is 6.18 Å². The number of nitrogens with zero attached hydrogens (tertiary/aromatic N) is 4. The molecular weight excluding hydrogens is 407 g/mol. The van der Waals surface area contributed by atoms with Crippen molar-refractivity contribution in [1.29, 1.82) is 0 Å². The molecule has 31 heavy (non-hydrogen) atoms. The number of rotatable bonds is 6. The van der Waals surface area contributed by atoms with E-state index in [-0.39, 0.29) is 6.04 Å². The van der Waals surface area contributed by atoms with Crippen molar-refractivity contribution in [3.05, 3.63) is 36.0 Å². The molecule has 166 valence electrons. The Kier molecular flexibility index (Phi) is 5.99. The number of fused-ring (bicyclic) bond motifs is 1. The molecule has 1 atom stereocenters. The molecule has 1 unspecified atom stereocenters. The van der Waals surface area contributed by atoms with Gasteiger partial charge in [0.15, 0.2) is 5.65 Å². The number of halogens is 3. The molecule has 0 aliphatic heterocycles. The van der Waals surface area contributed by atoms with Gasteiger partial charge in [-0.15, -0.1) is 0 Å². The van der Waals surface area contributed by atoms with Gasteiger partial charge in [-0.05, 0) is 43.0 Å². The van der Waals surface area contributed by atoms with E-state index < -0.39 is 11.7 Å². The summed E-state index contributed by atoms with van der Waals surface area (Å²) in [5.41, 5.74) is 6.78. The Morgan fingerprint density at radius 1 is 1.13 bits per heavy atom. The van der Waals surface area contributed by atoms with Crippen molar-refractivity contribution >= 4 is 28.5 Å². The first-order valence-corrected chi connectivity index (χ1v) is 10.4. The highest BCUT2D eigenvalue weighted by Gasteiger charge is 2.30. The van der Waals surface area contributed by atoms with E-state index in [0.717, 1.165) is 25.0 Å². The fourth-order valence-electron chi connectivity index (χ4n) is 4.01. The van der Waals surface area contributed by atoms with Crippen LogP contribution in [-0.4, -0.2) is 32.3 Å². The van der Waals surface area contributed by atoms with Crippen molar-refractivity contribution in [2.75, 3.05) is 17.2 Å². The van der Waals surface area contributed by atoms with Crippen LogP contribution in [0.4, 0.5) is 30.6 Å². The van der Waals surface area contributed by atoms with Gasteiger partial charge in [0.05, 0.1) is 17.1 Å². The summed E-state index contributed by atoms with van der Waals surface area (Å²) < 4.78 is 40.1. The van der Waals surface area contributed by atoms with E-state index in [1.54, 1.807) is 17.9 Å². The van der Waals surface area contributed by atoms with Crippen LogP contribution in [0.25, 0.3) is 11.0 Å². The fraction of sp³-hybridized carbons (Fsp3) is 0.476. The van der Waals surface area contributed by atoms with Crippen molar-refractivity contribution < 1.29 is 13.2 Å². The monoisotopic (exact) mass is 433 g/mol. The third kappa shape index (κ3) is 4.90. The van der Waals surface area contributed by atoms with Crippen molar-refractivity contribution in [2.24, 2.45) is 18.7 Å². The third-order valence-corrected chi connectivity index (χ3v) is 5.82. The maximum absolute atomic E-state index is 12.8. The summed E-state index contributed by atoms with van der Waals surface area (Å²) >= 11 is 0. The van der Waals surface area contributed by atoms with Crippen molar-refractivity contribution in [2.45, 2.75) is 44.3 Å². The lowest BCUT2D eigenvalue weighted by Gasteiger charge is -2.27. The van der Waals surface area contributed by atoms with Crippen LogP contribution >= 0.6 is 0 Å². The van der Waals surface area contributed by atoms with E-state index in [1.165, 1.54) is 31.4 Å². The Labute approximate surface area is 178 Å². The number of anilines is 3. The highest BCUT2D eigenvalue weighted by atomic mass is 19.4. The molecular formula is C21H26F3N7. The van der Waals surface area contributed by atoms with E-state index in [4.69, 9.17) is 5.73 Å². The Morgan fingerprint density at radius 2 is 1.84 bits per heavy atom. The van der Waals surface area contributed by atoms with Crippen LogP contribution in [0.3, 0.4) is 0 Å². The van der Waals surface area contributed by atoms with Crippen LogP contribution in [0.15, 0.2) is 30.5 Å². The molecule has 0 spiro atoms. The molecule has 7 nitrogen and oxygen atoms in total. The molecule has 1 saturated carbocycles. The average molecular weight is 433 g/mol. The number of benzene rings is 1. The first kappa shape index (κ1) is 21.4. The Balaban J connectivity index is 1.54. The lowest BCUT2D eigenvalue weighted by molar-refractivity contribution is -0.137. The summed E-state index contributed by atoms with van der Waals surface area (Å²) in [6.45, 7) is 0.549. The van der Waals surface area contributed by atoms with Gasteiger partial charge in [-0.25, -0.2) is 0 Å². The van der Waals surface area contributed by atoms with Crippen molar-refractivity contribution in [1.82, 2.24) is 19.7 Å². The van der Waals surface area contributed by atoms with E-state index in [2.05, 4.69) is 25.7 Å². The third-order valence-electron chi connectivity index (χ3n) is 5.82. The second kappa shape index (κ2) is 8.70. The quantitative estimate of drug-likeness (QED) is 0.532. The molecule has 1 aliphatic rings. The molecule has 2 aromatic heterocycles. The minimum atomic E-state index is -4.38. The topological polar surface area (TPSA) is 93.7 Å². The van der Waals surface area contributed by atoms with Gasteiger partial charge in [0.1, 0.15) is 5.82 Å². The predicted molar refractivity (Wildman–Crippen MR) is 114 cm³/mol. The molecule has 1 aliphatic carbocycles. The normalized spacial score (nSPS) is 16.4. The molecule has 3 aromatic rings. The van der Waals surface area contributed by atoms with Gasteiger partial charge in [-0.3, -0.25) is 4.68 Å². The first-order chi connectivity index (χ1) is 14.8. The Bertz CT molecular complexity index is 1020. The second-order valence-electron chi connectivity index (χ2n) is 8.04. The zero-order valence-electron chi connectivity index (χ0n) is 17.3. The van der Waals surface area contributed by atoms with E-state index in [0.29, 0.717) is 40.9 Å². The van der Waals surface area contributed by atoms with Crippen LogP contribution < -0.4 is 16.4 Å². The molecule has 0 bridgehead atoms. The molecule has 0 saturated heterocycles. The van der Waals surface area contributed by atoms with Crippen LogP contribution in [0.2, 0.25) is 0 Å². The van der Waals surface area contributed by atoms with Gasteiger partial charge in [-0.2, -0.15) is 28.2 Å². The number of nitrogens with one attached hydrogen (secondary N) is 2. The second-order valence-corrected chi connectivity index (χ2v) is 8.04. The summed E-state index contributed by atoms with van der Waals surface area (Å²) in [5, 5.41) is 11.2. The average Bonchev–Trinajstić information content (AvgIpc) is 3.13. The molecule has 0 radical (unpaired) electrons. The molecule has 4 N–H and O–H groups in total. The first-order valence-electron chi connectivity index (χ1n) is 10.4. The highest BCUT2D eigenvalue weighted by Crippen LogP contribution is 2.31. The van der Waals surface area contributed by atoms with E-state index in [1.807, 2.05) is 0 Å². The number of alkyl halides is 3. The predicted octanol–water partition coefficient (Wildman–Crippen LogP) is 4.45. The summed E-state index contributed by atoms with van der Waals surface area (Å²) in [6, 6.07) is 4.83. The van der Waals surface area contributed by atoms with Crippen LogP contribution in [0.1, 0.15) is 37.7 Å². The van der Waals surface area contributed by atoms with Crippen molar-refractivity contribution in [3.8, 4) is 0 Å². The minimum absolute atomic E-state index is 0.0115. The zero-order chi connectivity index (χ0) is 22.0. The maximum atomic E-state index is 12.8. The van der Waals surface area contributed by atoms with Gasteiger partial charge < -0.3 is 16.4 Å². The SMILES string of the molecule is Cn1ncc2c(Nc3ccc(C(F)(F)F)cc3)nc(NCC(N)C3CCCCC3)nc21. The van der Waals surface area contributed by atoms with Crippen LogP contribution in [0, 0.1) is 5.92 Å². The summed E-state index contributed by atoms with van der Waals surface area (Å²) in [5.74, 6) is 1.36. The molecule has 10 heteroatoms. The van der Waals surface area contributed by atoms with Gasteiger partial charge in [0.25, 0.3) is 0 Å². The fourth-order valence-corrected chi connectivity index (χ4v) is 4.01. The number of hydrogen-bond acceptors (Lipinski definition) is 6. The minimum Gasteiger partial charge on any atom is -0.353 e. The van der Waals surface area contributed by atoms with Gasteiger partial charge in [-0.1, -0.05) is 19.3 Å². The van der Waals surface area contributed by atoms with Crippen molar-refractivity contribution in [3.63, 3.8) is 0 Å². The van der Waals surface area contributed by atoms with Crippen LogP contribution in [0.5, 0.6) is 0 Å². The number of aromatic nitrogens is 4. The summed E-state index contributed by atoms with van der Waals surface area (Å²) in [7, 11) is 1.77. The molecule has 4 rings (SSSR count). The lowest BCUT2D eigenvalue weighted by Crippen LogP contribution is -2.38. The number of nitrogens with two attached hydrogens (primary N) is 1. The Hall–Kier alpha value is -2.88. The molecule has 1 aromatic carbocycles. The molecule has 0 amide bonds. The Morgan fingerprint density at radius 3 is 2.52 bits per heavy atom. The van der Waals surface area contributed by atoms with Crippen LogP contribution in [-0.2, 0) is 13.2 Å².